The summed E-state index contributed by atoms with van der Waals surface area (Å²) in [5.41, 5.74) is 1.14. The minimum absolute atomic E-state index is 0.605. The minimum atomic E-state index is -0.933. The molecule has 1 aromatic rings. The second kappa shape index (κ2) is 4.75. The fourth-order valence-electron chi connectivity index (χ4n) is 1.92. The average molecular weight is 206 g/mol. The Morgan fingerprint density at radius 1 is 1.07 bits per heavy atom. The molecule has 0 spiro atoms. The number of hydrogen-bond donors (Lipinski definition) is 3. The largest absolute Gasteiger partial charge is 0.363 e. The Bertz CT molecular complexity index is 292. The van der Waals surface area contributed by atoms with Gasteiger partial charge in [-0.1, -0.05) is 30.3 Å². The van der Waals surface area contributed by atoms with E-state index in [-0.39, 0.29) is 0 Å². The highest BCUT2D eigenvalue weighted by atomic mass is 16.3. The van der Waals surface area contributed by atoms with Crippen molar-refractivity contribution in [2.75, 3.05) is 13.1 Å². The van der Waals surface area contributed by atoms with E-state index < -0.39 is 5.85 Å². The smallest absolute Gasteiger partial charge is 0.175 e. The Kier molecular flexibility index (Phi) is 3.36. The lowest BCUT2D eigenvalue weighted by Crippen LogP contribution is -2.57. The van der Waals surface area contributed by atoms with Gasteiger partial charge in [-0.2, -0.15) is 0 Å². The van der Waals surface area contributed by atoms with Crippen LogP contribution in [0.2, 0.25) is 0 Å². The topological polar surface area (TPSA) is 44.3 Å². The third-order valence-corrected chi connectivity index (χ3v) is 2.74. The lowest BCUT2D eigenvalue weighted by molar-refractivity contribution is -0.0210. The third-order valence-electron chi connectivity index (χ3n) is 2.74. The molecule has 0 amide bonds. The SMILES string of the molecule is OC1(Cc2ccccc2)NCCCCN1. The Hall–Kier alpha value is -0.900. The van der Waals surface area contributed by atoms with E-state index in [0.717, 1.165) is 31.5 Å². The standard InChI is InChI=1S/C12H18N2O/c15-12(13-8-4-5-9-14-12)10-11-6-2-1-3-7-11/h1-3,6-7,13-15H,4-5,8-10H2. The van der Waals surface area contributed by atoms with Crippen molar-refractivity contribution < 1.29 is 5.11 Å². The molecule has 15 heavy (non-hydrogen) atoms. The van der Waals surface area contributed by atoms with E-state index >= 15 is 0 Å². The van der Waals surface area contributed by atoms with Crippen molar-refractivity contribution in [1.82, 2.24) is 10.6 Å². The van der Waals surface area contributed by atoms with E-state index in [1.165, 1.54) is 0 Å². The van der Waals surface area contributed by atoms with Gasteiger partial charge in [-0.3, -0.25) is 10.6 Å². The highest BCUT2D eigenvalue weighted by molar-refractivity contribution is 5.16. The van der Waals surface area contributed by atoms with Crippen molar-refractivity contribution in [2.45, 2.75) is 25.1 Å². The van der Waals surface area contributed by atoms with Gasteiger partial charge in [-0.05, 0) is 31.5 Å². The van der Waals surface area contributed by atoms with Gasteiger partial charge in [-0.15, -0.1) is 0 Å². The monoisotopic (exact) mass is 206 g/mol. The summed E-state index contributed by atoms with van der Waals surface area (Å²) in [4.78, 5) is 0. The van der Waals surface area contributed by atoms with Gasteiger partial charge in [0, 0.05) is 6.42 Å². The molecule has 0 unspecified atom stereocenters. The highest BCUT2D eigenvalue weighted by Crippen LogP contribution is 2.10. The van der Waals surface area contributed by atoms with Gasteiger partial charge in [0.1, 0.15) is 0 Å². The van der Waals surface area contributed by atoms with Gasteiger partial charge < -0.3 is 5.11 Å². The van der Waals surface area contributed by atoms with E-state index in [0.29, 0.717) is 6.42 Å². The third kappa shape index (κ3) is 3.02. The van der Waals surface area contributed by atoms with Gasteiger partial charge in [-0.25, -0.2) is 0 Å². The molecule has 1 aliphatic heterocycles. The molecule has 1 aromatic carbocycles. The van der Waals surface area contributed by atoms with E-state index in [2.05, 4.69) is 10.6 Å². The molecule has 3 nitrogen and oxygen atoms in total. The van der Waals surface area contributed by atoms with E-state index in [1.807, 2.05) is 30.3 Å². The van der Waals surface area contributed by atoms with E-state index in [9.17, 15) is 5.11 Å². The molecule has 0 aliphatic carbocycles. The van der Waals surface area contributed by atoms with Crippen LogP contribution < -0.4 is 10.6 Å². The van der Waals surface area contributed by atoms with Crippen LogP contribution in [0, 0.1) is 0 Å². The van der Waals surface area contributed by atoms with Crippen molar-refractivity contribution in [3.8, 4) is 0 Å². The maximum atomic E-state index is 10.3. The molecule has 0 aromatic heterocycles. The van der Waals surface area contributed by atoms with Crippen LogP contribution >= 0.6 is 0 Å². The minimum Gasteiger partial charge on any atom is -0.363 e. The molecule has 0 atom stereocenters. The van der Waals surface area contributed by atoms with E-state index in [1.54, 1.807) is 0 Å². The molecule has 3 N–H and O–H groups in total. The molecule has 1 saturated heterocycles. The average Bonchev–Trinajstić information content (AvgIpc) is 2.45. The van der Waals surface area contributed by atoms with Gasteiger partial charge in [0.15, 0.2) is 5.85 Å². The number of benzene rings is 1. The maximum absolute atomic E-state index is 10.3. The Labute approximate surface area is 90.5 Å². The first kappa shape index (κ1) is 10.6. The van der Waals surface area contributed by atoms with Crippen LogP contribution in [-0.2, 0) is 6.42 Å². The molecule has 2 rings (SSSR count). The Balaban J connectivity index is 2.02. The van der Waals surface area contributed by atoms with Crippen LogP contribution in [0.25, 0.3) is 0 Å². The van der Waals surface area contributed by atoms with Crippen molar-refractivity contribution in [3.05, 3.63) is 35.9 Å². The first-order valence-electron chi connectivity index (χ1n) is 5.55. The first-order valence-corrected chi connectivity index (χ1v) is 5.55. The number of aliphatic hydroxyl groups is 1. The fraction of sp³-hybridized carbons (Fsp3) is 0.500. The van der Waals surface area contributed by atoms with E-state index in [4.69, 9.17) is 0 Å². The van der Waals surface area contributed by atoms with Gasteiger partial charge >= 0.3 is 0 Å². The maximum Gasteiger partial charge on any atom is 0.175 e. The summed E-state index contributed by atoms with van der Waals surface area (Å²) < 4.78 is 0. The molecule has 1 heterocycles. The van der Waals surface area contributed by atoms with Crippen LogP contribution in [0.3, 0.4) is 0 Å². The van der Waals surface area contributed by atoms with Gasteiger partial charge in [0.25, 0.3) is 0 Å². The second-order valence-corrected chi connectivity index (χ2v) is 4.08. The predicted molar refractivity (Wildman–Crippen MR) is 60.3 cm³/mol. The lowest BCUT2D eigenvalue weighted by Gasteiger charge is -2.28. The molecule has 0 saturated carbocycles. The zero-order valence-corrected chi connectivity index (χ0v) is 8.87. The van der Waals surface area contributed by atoms with Crippen molar-refractivity contribution in [1.29, 1.82) is 0 Å². The van der Waals surface area contributed by atoms with Crippen LogP contribution in [0.4, 0.5) is 0 Å². The highest BCUT2D eigenvalue weighted by Gasteiger charge is 2.26. The molecule has 82 valence electrons. The van der Waals surface area contributed by atoms with Gasteiger partial charge in [0.05, 0.1) is 0 Å². The van der Waals surface area contributed by atoms with Crippen LogP contribution in [0.15, 0.2) is 30.3 Å². The van der Waals surface area contributed by atoms with Crippen molar-refractivity contribution in [2.24, 2.45) is 0 Å². The zero-order chi connectivity index (χ0) is 10.6. The van der Waals surface area contributed by atoms with Crippen LogP contribution in [0.1, 0.15) is 18.4 Å². The number of rotatable bonds is 2. The van der Waals surface area contributed by atoms with Crippen LogP contribution in [-0.4, -0.2) is 24.0 Å². The molecule has 0 radical (unpaired) electrons. The molecule has 1 aliphatic rings. The summed E-state index contributed by atoms with van der Waals surface area (Å²) >= 11 is 0. The predicted octanol–water partition coefficient (Wildman–Crippen LogP) is 0.848. The molecule has 3 heteroatoms. The summed E-state index contributed by atoms with van der Waals surface area (Å²) in [6, 6.07) is 10.0. The first-order chi connectivity index (χ1) is 7.29. The zero-order valence-electron chi connectivity index (χ0n) is 8.87. The van der Waals surface area contributed by atoms with Crippen LogP contribution in [0.5, 0.6) is 0 Å². The fourth-order valence-corrected chi connectivity index (χ4v) is 1.92. The summed E-state index contributed by atoms with van der Waals surface area (Å²) in [6.45, 7) is 1.74. The Morgan fingerprint density at radius 3 is 2.27 bits per heavy atom. The molecule has 0 bridgehead atoms. The summed E-state index contributed by atoms with van der Waals surface area (Å²) in [5.74, 6) is -0.933. The molecular weight excluding hydrogens is 188 g/mol. The number of nitrogens with one attached hydrogen (secondary N) is 2. The second-order valence-electron chi connectivity index (χ2n) is 4.08. The Morgan fingerprint density at radius 2 is 1.67 bits per heavy atom. The quantitative estimate of drug-likeness (QED) is 0.672. The van der Waals surface area contributed by atoms with Crippen molar-refractivity contribution >= 4 is 0 Å². The number of hydrogen-bond acceptors (Lipinski definition) is 3. The van der Waals surface area contributed by atoms with Gasteiger partial charge in [0.2, 0.25) is 0 Å². The summed E-state index contributed by atoms with van der Waals surface area (Å²) in [5, 5.41) is 16.6. The summed E-state index contributed by atoms with van der Waals surface area (Å²) in [7, 11) is 0. The molecular formula is C12H18N2O. The van der Waals surface area contributed by atoms with Crippen molar-refractivity contribution in [3.63, 3.8) is 0 Å². The summed E-state index contributed by atoms with van der Waals surface area (Å²) in [6.07, 6.45) is 2.84. The molecule has 1 fully saturated rings. The lowest BCUT2D eigenvalue weighted by atomic mass is 10.1. The normalized spacial score (nSPS) is 20.9.